The minimum atomic E-state index is -3.58. The molecule has 1 aromatic carbocycles. The highest BCUT2D eigenvalue weighted by Crippen LogP contribution is 2.17. The van der Waals surface area contributed by atoms with Gasteiger partial charge >= 0.3 is 0 Å². The Kier molecular flexibility index (Phi) is 5.52. The van der Waals surface area contributed by atoms with E-state index in [-0.39, 0.29) is 11.4 Å². The normalized spacial score (nSPS) is 15.2. The van der Waals surface area contributed by atoms with Gasteiger partial charge in [0.05, 0.1) is 25.2 Å². The second-order valence-electron chi connectivity index (χ2n) is 5.62. The third-order valence-electron chi connectivity index (χ3n) is 3.98. The summed E-state index contributed by atoms with van der Waals surface area (Å²) in [6, 6.07) is 10.00. The van der Waals surface area contributed by atoms with Crippen molar-refractivity contribution in [1.82, 2.24) is 9.71 Å². The van der Waals surface area contributed by atoms with Crippen molar-refractivity contribution in [3.8, 4) is 5.75 Å². The van der Waals surface area contributed by atoms with E-state index >= 15 is 0 Å². The molecule has 1 N–H and O–H groups in total. The molecule has 1 aliphatic rings. The number of rotatable bonds is 6. The van der Waals surface area contributed by atoms with Gasteiger partial charge in [-0.15, -0.1) is 0 Å². The molecule has 1 saturated heterocycles. The van der Waals surface area contributed by atoms with Gasteiger partial charge in [0.1, 0.15) is 11.6 Å². The molecule has 1 fully saturated rings. The Balaban J connectivity index is 1.67. The third-order valence-corrected chi connectivity index (χ3v) is 5.40. The highest BCUT2D eigenvalue weighted by Gasteiger charge is 2.15. The molecule has 0 radical (unpaired) electrons. The lowest BCUT2D eigenvalue weighted by Crippen LogP contribution is -2.36. The molecule has 134 valence electrons. The molecule has 0 unspecified atom stereocenters. The number of hydrogen-bond acceptors (Lipinski definition) is 6. The molecule has 1 aromatic heterocycles. The topological polar surface area (TPSA) is 80.8 Å². The standard InChI is InChI=1S/C17H21N3O4S/c1-23-15-2-4-16(5-3-15)25(21,22)19-13-14-6-7-18-17(12-14)20-8-10-24-11-9-20/h2-7,12,19H,8-11,13H2,1H3. The number of hydrogen-bond donors (Lipinski definition) is 1. The molecule has 0 bridgehead atoms. The molecule has 7 nitrogen and oxygen atoms in total. The summed E-state index contributed by atoms with van der Waals surface area (Å²) in [7, 11) is -2.04. The van der Waals surface area contributed by atoms with Crippen LogP contribution in [0.4, 0.5) is 5.82 Å². The average Bonchev–Trinajstić information content (AvgIpc) is 2.67. The molecular weight excluding hydrogens is 342 g/mol. The lowest BCUT2D eigenvalue weighted by atomic mass is 10.2. The molecule has 0 aliphatic carbocycles. The summed E-state index contributed by atoms with van der Waals surface area (Å²) in [4.78, 5) is 6.70. The van der Waals surface area contributed by atoms with Gasteiger partial charge < -0.3 is 14.4 Å². The summed E-state index contributed by atoms with van der Waals surface area (Å²) in [5, 5.41) is 0. The Labute approximate surface area is 147 Å². The van der Waals surface area contributed by atoms with Gasteiger partial charge in [0, 0.05) is 25.8 Å². The second-order valence-corrected chi connectivity index (χ2v) is 7.39. The van der Waals surface area contributed by atoms with Crippen LogP contribution in [0.5, 0.6) is 5.75 Å². The highest BCUT2D eigenvalue weighted by atomic mass is 32.2. The second kappa shape index (κ2) is 7.81. The monoisotopic (exact) mass is 363 g/mol. The largest absolute Gasteiger partial charge is 0.497 e. The molecule has 0 amide bonds. The number of sulfonamides is 1. The average molecular weight is 363 g/mol. The summed E-state index contributed by atoms with van der Waals surface area (Å²) < 4.78 is 37.8. The fourth-order valence-electron chi connectivity index (χ4n) is 2.55. The van der Waals surface area contributed by atoms with Crippen LogP contribution in [-0.4, -0.2) is 46.8 Å². The maximum atomic E-state index is 12.4. The molecule has 2 aromatic rings. The number of pyridine rings is 1. The Hall–Kier alpha value is -2.16. The lowest BCUT2D eigenvalue weighted by Gasteiger charge is -2.28. The van der Waals surface area contributed by atoms with Crippen molar-refractivity contribution in [2.75, 3.05) is 38.3 Å². The predicted molar refractivity (Wildman–Crippen MR) is 94.3 cm³/mol. The molecule has 0 atom stereocenters. The number of nitrogens with one attached hydrogen (secondary N) is 1. The SMILES string of the molecule is COc1ccc(S(=O)(=O)NCc2ccnc(N3CCOCC3)c2)cc1. The van der Waals surface area contributed by atoms with Crippen LogP contribution in [-0.2, 0) is 21.3 Å². The number of anilines is 1. The van der Waals surface area contributed by atoms with Crippen LogP contribution < -0.4 is 14.4 Å². The van der Waals surface area contributed by atoms with E-state index in [4.69, 9.17) is 9.47 Å². The van der Waals surface area contributed by atoms with Gasteiger partial charge in [-0.3, -0.25) is 0 Å². The molecule has 2 heterocycles. The number of morpholine rings is 1. The molecule has 1 aliphatic heterocycles. The number of benzene rings is 1. The van der Waals surface area contributed by atoms with E-state index in [9.17, 15) is 8.42 Å². The van der Waals surface area contributed by atoms with Crippen LogP contribution in [0.25, 0.3) is 0 Å². The van der Waals surface area contributed by atoms with Crippen LogP contribution in [0.2, 0.25) is 0 Å². The van der Waals surface area contributed by atoms with Gasteiger partial charge in [0.2, 0.25) is 10.0 Å². The van der Waals surface area contributed by atoms with Crippen molar-refractivity contribution in [3.63, 3.8) is 0 Å². The van der Waals surface area contributed by atoms with Crippen molar-refractivity contribution < 1.29 is 17.9 Å². The maximum absolute atomic E-state index is 12.4. The van der Waals surface area contributed by atoms with Crippen LogP contribution in [0.1, 0.15) is 5.56 Å². The Morgan fingerprint density at radius 2 is 1.92 bits per heavy atom. The zero-order valence-corrected chi connectivity index (χ0v) is 14.8. The summed E-state index contributed by atoms with van der Waals surface area (Å²) in [6.45, 7) is 3.13. The van der Waals surface area contributed by atoms with E-state index in [1.54, 1.807) is 24.4 Å². The Morgan fingerprint density at radius 1 is 1.20 bits per heavy atom. The summed E-state index contributed by atoms with van der Waals surface area (Å²) in [5.74, 6) is 1.45. The highest BCUT2D eigenvalue weighted by molar-refractivity contribution is 7.89. The van der Waals surface area contributed by atoms with Gasteiger partial charge in [0.15, 0.2) is 0 Å². The fourth-order valence-corrected chi connectivity index (χ4v) is 3.57. The summed E-state index contributed by atoms with van der Waals surface area (Å²) in [6.07, 6.45) is 1.70. The fraction of sp³-hybridized carbons (Fsp3) is 0.353. The molecule has 0 saturated carbocycles. The van der Waals surface area contributed by atoms with Gasteiger partial charge in [-0.1, -0.05) is 0 Å². The van der Waals surface area contributed by atoms with E-state index in [2.05, 4.69) is 14.6 Å². The van der Waals surface area contributed by atoms with Crippen LogP contribution >= 0.6 is 0 Å². The van der Waals surface area contributed by atoms with Crippen LogP contribution in [0, 0.1) is 0 Å². The predicted octanol–water partition coefficient (Wildman–Crippen LogP) is 1.41. The number of nitrogens with zero attached hydrogens (tertiary/aromatic N) is 2. The molecular formula is C17H21N3O4S. The van der Waals surface area contributed by atoms with Crippen molar-refractivity contribution in [2.24, 2.45) is 0 Å². The van der Waals surface area contributed by atoms with Crippen LogP contribution in [0.3, 0.4) is 0 Å². The van der Waals surface area contributed by atoms with Gasteiger partial charge in [0.25, 0.3) is 0 Å². The summed E-state index contributed by atoms with van der Waals surface area (Å²) in [5.41, 5.74) is 0.855. The first-order valence-corrected chi connectivity index (χ1v) is 9.48. The lowest BCUT2D eigenvalue weighted by molar-refractivity contribution is 0.122. The summed E-state index contributed by atoms with van der Waals surface area (Å²) >= 11 is 0. The van der Waals surface area contributed by atoms with Crippen molar-refractivity contribution in [3.05, 3.63) is 48.2 Å². The first-order chi connectivity index (χ1) is 12.1. The zero-order valence-electron chi connectivity index (χ0n) is 14.0. The van der Waals surface area contributed by atoms with E-state index in [1.807, 2.05) is 6.07 Å². The molecule has 25 heavy (non-hydrogen) atoms. The zero-order chi connectivity index (χ0) is 17.7. The van der Waals surface area contributed by atoms with Gasteiger partial charge in [-0.2, -0.15) is 0 Å². The minimum absolute atomic E-state index is 0.203. The smallest absolute Gasteiger partial charge is 0.240 e. The molecule has 0 spiro atoms. The van der Waals surface area contributed by atoms with Crippen molar-refractivity contribution in [2.45, 2.75) is 11.4 Å². The van der Waals surface area contributed by atoms with Gasteiger partial charge in [-0.05, 0) is 42.0 Å². The Bertz CT molecular complexity index is 803. The van der Waals surface area contributed by atoms with Crippen molar-refractivity contribution in [1.29, 1.82) is 0 Å². The first kappa shape index (κ1) is 17.7. The number of methoxy groups -OCH3 is 1. The molecule has 3 rings (SSSR count). The molecule has 8 heteroatoms. The maximum Gasteiger partial charge on any atom is 0.240 e. The van der Waals surface area contributed by atoms with E-state index < -0.39 is 10.0 Å². The minimum Gasteiger partial charge on any atom is -0.497 e. The Morgan fingerprint density at radius 3 is 2.60 bits per heavy atom. The number of aromatic nitrogens is 1. The number of ether oxygens (including phenoxy) is 2. The van der Waals surface area contributed by atoms with E-state index in [0.717, 1.165) is 24.5 Å². The van der Waals surface area contributed by atoms with E-state index in [0.29, 0.717) is 19.0 Å². The van der Waals surface area contributed by atoms with Gasteiger partial charge in [-0.25, -0.2) is 18.1 Å². The van der Waals surface area contributed by atoms with Crippen molar-refractivity contribution >= 4 is 15.8 Å². The van der Waals surface area contributed by atoms with Crippen LogP contribution in [0.15, 0.2) is 47.5 Å². The first-order valence-electron chi connectivity index (χ1n) is 8.00. The third kappa shape index (κ3) is 4.47. The quantitative estimate of drug-likeness (QED) is 0.836. The van der Waals surface area contributed by atoms with E-state index in [1.165, 1.54) is 19.2 Å².